The molecule has 0 amide bonds. The van der Waals surface area contributed by atoms with Crippen molar-refractivity contribution in [2.45, 2.75) is 25.8 Å². The fourth-order valence-corrected chi connectivity index (χ4v) is 2.42. The summed E-state index contributed by atoms with van der Waals surface area (Å²) in [5.41, 5.74) is 2.31. The lowest BCUT2D eigenvalue weighted by molar-refractivity contribution is 0.486. The van der Waals surface area contributed by atoms with Gasteiger partial charge in [0, 0.05) is 5.39 Å². The Morgan fingerprint density at radius 2 is 2.06 bits per heavy atom. The van der Waals surface area contributed by atoms with Crippen molar-refractivity contribution in [3.63, 3.8) is 0 Å². The number of nitrogens with zero attached hydrogens (tertiary/aromatic N) is 1. The number of pyridine rings is 1. The number of benzene rings is 1. The van der Waals surface area contributed by atoms with Gasteiger partial charge in [-0.25, -0.2) is 0 Å². The maximum atomic E-state index is 4.79. The summed E-state index contributed by atoms with van der Waals surface area (Å²) >= 11 is 0. The normalized spacial score (nSPS) is 17.2. The third kappa shape index (κ3) is 2.18. The van der Waals surface area contributed by atoms with Gasteiger partial charge in [0.1, 0.15) is 0 Å². The maximum absolute atomic E-state index is 4.79. The van der Waals surface area contributed by atoms with E-state index in [1.165, 1.54) is 23.9 Å². The predicted molar refractivity (Wildman–Crippen MR) is 70.9 cm³/mol. The van der Waals surface area contributed by atoms with E-state index in [2.05, 4.69) is 48.6 Å². The van der Waals surface area contributed by atoms with E-state index in [1.54, 1.807) is 0 Å². The van der Waals surface area contributed by atoms with Crippen molar-refractivity contribution in [1.29, 1.82) is 0 Å². The topological polar surface area (TPSA) is 24.9 Å². The van der Waals surface area contributed by atoms with Gasteiger partial charge < -0.3 is 5.32 Å². The summed E-state index contributed by atoms with van der Waals surface area (Å²) < 4.78 is 0. The van der Waals surface area contributed by atoms with Gasteiger partial charge in [-0.05, 0) is 37.4 Å². The molecule has 1 atom stereocenters. The van der Waals surface area contributed by atoms with Gasteiger partial charge in [0.2, 0.25) is 0 Å². The number of hydrogen-bond donors (Lipinski definition) is 1. The molecular formula is C15H18N2. The summed E-state index contributed by atoms with van der Waals surface area (Å²) in [7, 11) is 0. The van der Waals surface area contributed by atoms with Crippen LogP contribution in [0.3, 0.4) is 0 Å². The van der Waals surface area contributed by atoms with Crippen LogP contribution in [0.5, 0.6) is 0 Å². The molecular weight excluding hydrogens is 208 g/mol. The Balaban J connectivity index is 1.97. The van der Waals surface area contributed by atoms with Gasteiger partial charge >= 0.3 is 0 Å². The summed E-state index contributed by atoms with van der Waals surface area (Å²) in [6, 6.07) is 13.1. The Hall–Kier alpha value is -1.41. The van der Waals surface area contributed by atoms with Crippen LogP contribution < -0.4 is 5.32 Å². The van der Waals surface area contributed by atoms with E-state index >= 15 is 0 Å². The fraction of sp³-hybridized carbons (Fsp3) is 0.400. The van der Waals surface area contributed by atoms with Gasteiger partial charge in [0.05, 0.1) is 17.3 Å². The smallest absolute Gasteiger partial charge is 0.0706 e. The van der Waals surface area contributed by atoms with Crippen molar-refractivity contribution >= 4 is 10.9 Å². The van der Waals surface area contributed by atoms with Crippen LogP contribution in [0.4, 0.5) is 0 Å². The fourth-order valence-electron chi connectivity index (χ4n) is 2.42. The first-order chi connectivity index (χ1) is 8.38. The van der Waals surface area contributed by atoms with Gasteiger partial charge in [0.25, 0.3) is 0 Å². The lowest BCUT2D eigenvalue weighted by Gasteiger charge is -2.17. The largest absolute Gasteiger partial charge is 0.309 e. The molecule has 3 rings (SSSR count). The summed E-state index contributed by atoms with van der Waals surface area (Å²) in [4.78, 5) is 4.79. The van der Waals surface area contributed by atoms with Crippen LogP contribution in [0.1, 0.15) is 31.5 Å². The quantitative estimate of drug-likeness (QED) is 0.865. The summed E-state index contributed by atoms with van der Waals surface area (Å²) in [6.07, 6.45) is 2.68. The van der Waals surface area contributed by atoms with Crippen LogP contribution >= 0.6 is 0 Å². The molecule has 17 heavy (non-hydrogen) atoms. The zero-order valence-electron chi connectivity index (χ0n) is 10.2. The zero-order valence-corrected chi connectivity index (χ0v) is 10.2. The molecule has 1 aromatic heterocycles. The van der Waals surface area contributed by atoms with Crippen molar-refractivity contribution in [3.05, 3.63) is 42.1 Å². The number of aromatic nitrogens is 1. The van der Waals surface area contributed by atoms with Crippen LogP contribution in [-0.2, 0) is 0 Å². The molecule has 1 unspecified atom stereocenters. The van der Waals surface area contributed by atoms with Crippen molar-refractivity contribution < 1.29 is 0 Å². The average molecular weight is 226 g/mol. The number of fused-ring (bicyclic) bond motifs is 1. The molecule has 88 valence electrons. The van der Waals surface area contributed by atoms with E-state index in [4.69, 9.17) is 4.98 Å². The van der Waals surface area contributed by atoms with Crippen molar-refractivity contribution in [1.82, 2.24) is 10.3 Å². The van der Waals surface area contributed by atoms with Crippen LogP contribution in [0, 0.1) is 5.92 Å². The molecule has 1 aromatic carbocycles. The lowest BCUT2D eigenvalue weighted by Crippen LogP contribution is -2.23. The van der Waals surface area contributed by atoms with Crippen molar-refractivity contribution in [3.8, 4) is 0 Å². The highest BCUT2D eigenvalue weighted by Crippen LogP contribution is 2.40. The second-order valence-corrected chi connectivity index (χ2v) is 4.80. The molecule has 0 aliphatic heterocycles. The highest BCUT2D eigenvalue weighted by molar-refractivity contribution is 5.78. The summed E-state index contributed by atoms with van der Waals surface area (Å²) in [5, 5.41) is 4.79. The molecule has 0 spiro atoms. The number of hydrogen-bond acceptors (Lipinski definition) is 2. The first kappa shape index (κ1) is 10.7. The Labute approximate surface area is 102 Å². The number of rotatable bonds is 4. The number of para-hydroxylation sites is 1. The van der Waals surface area contributed by atoms with Gasteiger partial charge in [-0.2, -0.15) is 0 Å². The van der Waals surface area contributed by atoms with E-state index in [0.29, 0.717) is 6.04 Å². The van der Waals surface area contributed by atoms with Crippen molar-refractivity contribution in [2.75, 3.05) is 6.54 Å². The van der Waals surface area contributed by atoms with E-state index in [0.717, 1.165) is 18.0 Å². The molecule has 2 heteroatoms. The minimum atomic E-state index is 0.449. The predicted octanol–water partition coefficient (Wildman–Crippen LogP) is 3.30. The van der Waals surface area contributed by atoms with E-state index in [1.807, 2.05) is 0 Å². The molecule has 2 aromatic rings. The molecule has 1 heterocycles. The highest BCUT2D eigenvalue weighted by atomic mass is 15.0. The van der Waals surface area contributed by atoms with Gasteiger partial charge in [0.15, 0.2) is 0 Å². The molecule has 1 N–H and O–H groups in total. The maximum Gasteiger partial charge on any atom is 0.0706 e. The second-order valence-electron chi connectivity index (χ2n) is 4.80. The van der Waals surface area contributed by atoms with Gasteiger partial charge in [-0.1, -0.05) is 31.2 Å². The first-order valence-corrected chi connectivity index (χ1v) is 6.47. The average Bonchev–Trinajstić information content (AvgIpc) is 3.20. The van der Waals surface area contributed by atoms with Crippen LogP contribution in [0.15, 0.2) is 36.4 Å². The molecule has 1 saturated carbocycles. The Kier molecular flexibility index (Phi) is 2.81. The minimum Gasteiger partial charge on any atom is -0.309 e. The number of nitrogens with one attached hydrogen (secondary N) is 1. The monoisotopic (exact) mass is 226 g/mol. The Morgan fingerprint density at radius 3 is 2.82 bits per heavy atom. The summed E-state index contributed by atoms with van der Waals surface area (Å²) in [5.74, 6) is 0.795. The van der Waals surface area contributed by atoms with E-state index < -0.39 is 0 Å². The molecule has 1 fully saturated rings. The standard InChI is InChI=1S/C15H18N2/c1-2-16-15(12-7-8-12)14-10-9-11-5-3-4-6-13(11)17-14/h3-6,9-10,12,15-16H,2,7-8H2,1H3. The molecule has 1 aliphatic rings. The van der Waals surface area contributed by atoms with Gasteiger partial charge in [-0.3, -0.25) is 4.98 Å². The third-order valence-corrected chi connectivity index (χ3v) is 3.46. The Morgan fingerprint density at radius 1 is 1.24 bits per heavy atom. The first-order valence-electron chi connectivity index (χ1n) is 6.47. The van der Waals surface area contributed by atoms with E-state index in [9.17, 15) is 0 Å². The van der Waals surface area contributed by atoms with E-state index in [-0.39, 0.29) is 0 Å². The molecule has 0 bridgehead atoms. The van der Waals surface area contributed by atoms with Crippen molar-refractivity contribution in [2.24, 2.45) is 5.92 Å². The summed E-state index contributed by atoms with van der Waals surface area (Å²) in [6.45, 7) is 3.17. The third-order valence-electron chi connectivity index (χ3n) is 3.46. The van der Waals surface area contributed by atoms with Gasteiger partial charge in [-0.15, -0.1) is 0 Å². The lowest BCUT2D eigenvalue weighted by atomic mass is 10.1. The molecule has 1 aliphatic carbocycles. The Bertz CT molecular complexity index is 517. The van der Waals surface area contributed by atoms with Crippen LogP contribution in [-0.4, -0.2) is 11.5 Å². The minimum absolute atomic E-state index is 0.449. The van der Waals surface area contributed by atoms with Crippen LogP contribution in [0.25, 0.3) is 10.9 Å². The highest BCUT2D eigenvalue weighted by Gasteiger charge is 2.32. The SMILES string of the molecule is CCNC(c1ccc2ccccc2n1)C1CC1. The zero-order chi connectivity index (χ0) is 11.7. The molecule has 0 saturated heterocycles. The second kappa shape index (κ2) is 4.46. The molecule has 0 radical (unpaired) electrons. The van der Waals surface area contributed by atoms with Crippen LogP contribution in [0.2, 0.25) is 0 Å². The molecule has 2 nitrogen and oxygen atoms in total.